The molecule has 6 rings (SSSR count). The molecule has 0 atom stereocenters. The van der Waals surface area contributed by atoms with Gasteiger partial charge in [0.2, 0.25) is 0 Å². The van der Waals surface area contributed by atoms with Crippen LogP contribution in [0.25, 0.3) is 10.9 Å². The topological polar surface area (TPSA) is 42.3 Å². The van der Waals surface area contributed by atoms with Gasteiger partial charge in [0.25, 0.3) is 0 Å². The molecule has 0 radical (unpaired) electrons. The van der Waals surface area contributed by atoms with E-state index in [-0.39, 0.29) is 28.3 Å². The number of allylic oxidation sites excluding steroid dienone is 4. The molecule has 1 aliphatic heterocycles. The second-order valence-corrected chi connectivity index (χ2v) is 13.6. The lowest BCUT2D eigenvalue weighted by Gasteiger charge is -2.52. The van der Waals surface area contributed by atoms with Gasteiger partial charge in [-0.25, -0.2) is 0 Å². The number of Topliss-reactive ketones (excluding diaryl/α,β-unsaturated/α-hetero) is 2. The summed E-state index contributed by atoms with van der Waals surface area (Å²) in [7, 11) is 0. The third-order valence-corrected chi connectivity index (χ3v) is 9.36. The van der Waals surface area contributed by atoms with Crippen molar-refractivity contribution in [1.29, 1.82) is 0 Å². The standard InChI is InChI=1S/C33H42N2O2/c1-6-34-20-23(22-14-10-11-15-24(22)34)29-30-25(16-32(2,3)18-27(30)36)35(21-12-8-7-9-13-21)26-17-33(4,5)19-28(37)31(26)29/h10-11,14-15,20-21,29H,6-9,12-13,16-19H2,1-5H3. The zero-order valence-electron chi connectivity index (χ0n) is 23.3. The minimum Gasteiger partial charge on any atom is -0.347 e. The maximum atomic E-state index is 14.2. The summed E-state index contributed by atoms with van der Waals surface area (Å²) >= 11 is 0. The van der Waals surface area contributed by atoms with E-state index in [2.05, 4.69) is 74.5 Å². The van der Waals surface area contributed by atoms with Crippen LogP contribution in [-0.4, -0.2) is 27.1 Å². The predicted octanol–water partition coefficient (Wildman–Crippen LogP) is 7.68. The zero-order valence-corrected chi connectivity index (χ0v) is 23.3. The molecule has 37 heavy (non-hydrogen) atoms. The Bertz CT molecular complexity index is 1290. The van der Waals surface area contributed by atoms with Gasteiger partial charge in [-0.2, -0.15) is 0 Å². The van der Waals surface area contributed by atoms with Crippen molar-refractivity contribution in [2.45, 2.75) is 111 Å². The highest BCUT2D eigenvalue weighted by Crippen LogP contribution is 2.56. The minimum absolute atomic E-state index is 0.0724. The molecule has 0 spiro atoms. The first kappa shape index (κ1) is 24.7. The second kappa shape index (κ2) is 8.71. The Morgan fingerprint density at radius 1 is 0.811 bits per heavy atom. The number of aryl methyl sites for hydroxylation is 1. The van der Waals surface area contributed by atoms with Gasteiger partial charge in [0.05, 0.1) is 0 Å². The molecule has 0 amide bonds. The third-order valence-electron chi connectivity index (χ3n) is 9.36. The molecule has 1 saturated carbocycles. The van der Waals surface area contributed by atoms with Crippen LogP contribution in [-0.2, 0) is 16.1 Å². The monoisotopic (exact) mass is 498 g/mol. The molecule has 2 heterocycles. The first-order valence-electron chi connectivity index (χ1n) is 14.5. The second-order valence-electron chi connectivity index (χ2n) is 13.6. The zero-order chi connectivity index (χ0) is 26.1. The Morgan fingerprint density at radius 2 is 1.38 bits per heavy atom. The van der Waals surface area contributed by atoms with Crippen LogP contribution in [0.1, 0.15) is 104 Å². The lowest BCUT2D eigenvalue weighted by atomic mass is 9.63. The van der Waals surface area contributed by atoms with Gasteiger partial charge in [-0.3, -0.25) is 9.59 Å². The summed E-state index contributed by atoms with van der Waals surface area (Å²) in [5.74, 6) is 0.235. The van der Waals surface area contributed by atoms with Gasteiger partial charge in [0.15, 0.2) is 11.6 Å². The van der Waals surface area contributed by atoms with Gasteiger partial charge in [0, 0.05) is 71.0 Å². The summed E-state index contributed by atoms with van der Waals surface area (Å²) in [4.78, 5) is 30.9. The quantitative estimate of drug-likeness (QED) is 0.436. The highest BCUT2D eigenvalue weighted by atomic mass is 16.1. The largest absolute Gasteiger partial charge is 0.347 e. The van der Waals surface area contributed by atoms with Crippen LogP contribution in [0.2, 0.25) is 0 Å². The maximum Gasteiger partial charge on any atom is 0.162 e. The molecule has 0 saturated heterocycles. The van der Waals surface area contributed by atoms with Crippen molar-refractivity contribution in [3.63, 3.8) is 0 Å². The van der Waals surface area contributed by atoms with E-state index in [0.717, 1.165) is 48.9 Å². The Labute approximate surface area is 221 Å². The summed E-state index contributed by atoms with van der Waals surface area (Å²) in [5, 5.41) is 1.18. The molecule has 4 heteroatoms. The average Bonchev–Trinajstić information content (AvgIpc) is 3.20. The number of carbonyl (C=O) groups is 2. The number of benzene rings is 1. The number of ketones is 2. The van der Waals surface area contributed by atoms with Crippen molar-refractivity contribution in [1.82, 2.24) is 9.47 Å². The van der Waals surface area contributed by atoms with Crippen molar-refractivity contribution >= 4 is 22.5 Å². The number of para-hydroxylation sites is 1. The lowest BCUT2D eigenvalue weighted by molar-refractivity contribution is -0.119. The highest BCUT2D eigenvalue weighted by Gasteiger charge is 2.50. The molecule has 0 N–H and O–H groups in total. The fourth-order valence-corrected chi connectivity index (χ4v) is 7.85. The number of fused-ring (bicyclic) bond motifs is 1. The lowest BCUT2D eigenvalue weighted by Crippen LogP contribution is -2.48. The van der Waals surface area contributed by atoms with Crippen molar-refractivity contribution < 1.29 is 9.59 Å². The predicted molar refractivity (Wildman–Crippen MR) is 149 cm³/mol. The van der Waals surface area contributed by atoms with E-state index < -0.39 is 0 Å². The van der Waals surface area contributed by atoms with E-state index in [1.54, 1.807) is 0 Å². The molecular weight excluding hydrogens is 456 g/mol. The van der Waals surface area contributed by atoms with E-state index in [9.17, 15) is 9.59 Å². The van der Waals surface area contributed by atoms with Gasteiger partial charge in [0.1, 0.15) is 0 Å². The molecule has 4 aliphatic rings. The van der Waals surface area contributed by atoms with E-state index >= 15 is 0 Å². The molecule has 1 fully saturated rings. The van der Waals surface area contributed by atoms with Crippen LogP contribution >= 0.6 is 0 Å². The van der Waals surface area contributed by atoms with Gasteiger partial charge in [-0.1, -0.05) is 65.2 Å². The van der Waals surface area contributed by atoms with E-state index in [0.29, 0.717) is 18.9 Å². The highest BCUT2D eigenvalue weighted by molar-refractivity contribution is 6.08. The molecule has 0 bridgehead atoms. The van der Waals surface area contributed by atoms with Crippen molar-refractivity contribution in [2.75, 3.05) is 0 Å². The summed E-state index contributed by atoms with van der Waals surface area (Å²) < 4.78 is 2.28. The molecule has 0 unspecified atom stereocenters. The number of carbonyl (C=O) groups excluding carboxylic acids is 2. The number of hydrogen-bond donors (Lipinski definition) is 0. The van der Waals surface area contributed by atoms with E-state index in [1.807, 2.05) is 0 Å². The van der Waals surface area contributed by atoms with Crippen LogP contribution in [0.5, 0.6) is 0 Å². The fourth-order valence-electron chi connectivity index (χ4n) is 7.85. The molecule has 196 valence electrons. The summed E-state index contributed by atoms with van der Waals surface area (Å²) in [6, 6.07) is 8.92. The first-order chi connectivity index (χ1) is 17.6. The Kier molecular flexibility index (Phi) is 5.82. The number of aromatic nitrogens is 1. The molecule has 1 aromatic carbocycles. The minimum atomic E-state index is -0.255. The van der Waals surface area contributed by atoms with Crippen LogP contribution in [0, 0.1) is 10.8 Å². The van der Waals surface area contributed by atoms with Crippen LogP contribution in [0.4, 0.5) is 0 Å². The summed E-state index contributed by atoms with van der Waals surface area (Å²) in [6.45, 7) is 12.0. The van der Waals surface area contributed by atoms with E-state index in [4.69, 9.17) is 0 Å². The Morgan fingerprint density at radius 3 is 1.95 bits per heavy atom. The molecule has 4 nitrogen and oxygen atoms in total. The van der Waals surface area contributed by atoms with Crippen LogP contribution in [0.15, 0.2) is 53.0 Å². The third kappa shape index (κ3) is 4.02. The van der Waals surface area contributed by atoms with Gasteiger partial charge < -0.3 is 9.47 Å². The fraction of sp³-hybridized carbons (Fsp3) is 0.576. The smallest absolute Gasteiger partial charge is 0.162 e. The normalized spacial score (nSPS) is 24.6. The van der Waals surface area contributed by atoms with Crippen molar-refractivity contribution in [3.8, 4) is 0 Å². The number of nitrogens with zero attached hydrogens (tertiary/aromatic N) is 2. The van der Waals surface area contributed by atoms with E-state index in [1.165, 1.54) is 41.6 Å². The maximum absolute atomic E-state index is 14.2. The van der Waals surface area contributed by atoms with Gasteiger partial charge >= 0.3 is 0 Å². The first-order valence-corrected chi connectivity index (χ1v) is 14.5. The molecule has 3 aliphatic carbocycles. The summed E-state index contributed by atoms with van der Waals surface area (Å²) in [5.41, 5.74) is 6.50. The number of rotatable bonds is 3. The SMILES string of the molecule is CCn1cc(C2C3=C(CC(C)(C)CC3=O)N(C3CCCCC3)C3=C2C(=O)CC(C)(C)C3)c2ccccc21. The van der Waals surface area contributed by atoms with Crippen molar-refractivity contribution in [2.24, 2.45) is 10.8 Å². The molecule has 2 aromatic rings. The Balaban J connectivity index is 1.65. The van der Waals surface area contributed by atoms with Crippen molar-refractivity contribution in [3.05, 3.63) is 58.6 Å². The Hall–Kier alpha value is -2.62. The van der Waals surface area contributed by atoms with Crippen LogP contribution < -0.4 is 0 Å². The van der Waals surface area contributed by atoms with Gasteiger partial charge in [-0.05, 0) is 55.1 Å². The van der Waals surface area contributed by atoms with Gasteiger partial charge in [-0.15, -0.1) is 0 Å². The van der Waals surface area contributed by atoms with Crippen LogP contribution in [0.3, 0.4) is 0 Å². The molecule has 1 aromatic heterocycles. The average molecular weight is 499 g/mol. The summed E-state index contributed by atoms with van der Waals surface area (Å²) in [6.07, 6.45) is 11.2. The molecular formula is C33H42N2O2. The number of hydrogen-bond acceptors (Lipinski definition) is 3.